The molecule has 0 saturated heterocycles. The van der Waals surface area contributed by atoms with Crippen molar-refractivity contribution in [3.05, 3.63) is 20.8 Å². The average molecular weight is 320 g/mol. The number of thiophene rings is 1. The van der Waals surface area contributed by atoms with Gasteiger partial charge in [-0.3, -0.25) is 9.59 Å². The molecule has 17 heavy (non-hydrogen) atoms. The number of amides is 1. The van der Waals surface area contributed by atoms with Gasteiger partial charge in [0.15, 0.2) is 0 Å². The summed E-state index contributed by atoms with van der Waals surface area (Å²) in [5.41, 5.74) is 0. The minimum absolute atomic E-state index is 0.178. The summed E-state index contributed by atoms with van der Waals surface area (Å²) < 4.78 is 0.881. The van der Waals surface area contributed by atoms with Gasteiger partial charge in [-0.25, -0.2) is 0 Å². The Labute approximate surface area is 112 Å². The predicted molar refractivity (Wildman–Crippen MR) is 70.4 cm³/mol. The van der Waals surface area contributed by atoms with E-state index in [0.717, 1.165) is 10.2 Å². The van der Waals surface area contributed by atoms with Crippen LogP contribution >= 0.6 is 27.3 Å². The molecule has 0 aliphatic carbocycles. The lowest BCUT2D eigenvalue weighted by Crippen LogP contribution is -2.32. The van der Waals surface area contributed by atoms with Gasteiger partial charge in [-0.1, -0.05) is 13.3 Å². The van der Waals surface area contributed by atoms with Crippen LogP contribution in [0.1, 0.15) is 29.4 Å². The van der Waals surface area contributed by atoms with Gasteiger partial charge in [-0.05, 0) is 34.5 Å². The number of carbonyl (C=O) groups excluding carboxylic acids is 1. The Morgan fingerprint density at radius 2 is 2.24 bits per heavy atom. The van der Waals surface area contributed by atoms with Crippen LogP contribution in [0.25, 0.3) is 0 Å². The maximum atomic E-state index is 11.7. The molecule has 0 fully saturated rings. The summed E-state index contributed by atoms with van der Waals surface area (Å²) in [6.07, 6.45) is 1.36. The Hall–Kier alpha value is -0.880. The van der Waals surface area contributed by atoms with Gasteiger partial charge < -0.3 is 10.4 Å². The Bertz CT molecular complexity index is 405. The van der Waals surface area contributed by atoms with Crippen LogP contribution in [0.2, 0.25) is 0 Å². The lowest BCUT2D eigenvalue weighted by atomic mass is 10.0. The molecule has 0 aromatic carbocycles. The first-order valence-electron chi connectivity index (χ1n) is 5.31. The minimum atomic E-state index is -0.862. The van der Waals surface area contributed by atoms with Crippen LogP contribution in [-0.2, 0) is 4.79 Å². The van der Waals surface area contributed by atoms with Crippen LogP contribution in [-0.4, -0.2) is 23.5 Å². The van der Waals surface area contributed by atoms with Gasteiger partial charge >= 0.3 is 5.97 Å². The summed E-state index contributed by atoms with van der Waals surface area (Å²) >= 11 is 4.60. The second-order valence-corrected chi connectivity index (χ2v) is 6.10. The van der Waals surface area contributed by atoms with Crippen molar-refractivity contribution in [3.63, 3.8) is 0 Å². The second kappa shape index (κ2) is 6.76. The van der Waals surface area contributed by atoms with Crippen LogP contribution in [0.5, 0.6) is 0 Å². The predicted octanol–water partition coefficient (Wildman–Crippen LogP) is 2.74. The highest BCUT2D eigenvalue weighted by Gasteiger charge is 2.18. The zero-order valence-electron chi connectivity index (χ0n) is 9.40. The van der Waals surface area contributed by atoms with Gasteiger partial charge in [0.05, 0.1) is 14.6 Å². The Balaban J connectivity index is 2.49. The van der Waals surface area contributed by atoms with E-state index in [4.69, 9.17) is 5.11 Å². The van der Waals surface area contributed by atoms with Gasteiger partial charge in [0.2, 0.25) is 0 Å². The smallest absolute Gasteiger partial charge is 0.308 e. The van der Waals surface area contributed by atoms with E-state index < -0.39 is 11.9 Å². The highest BCUT2D eigenvalue weighted by Crippen LogP contribution is 2.21. The van der Waals surface area contributed by atoms with Crippen molar-refractivity contribution in [2.75, 3.05) is 6.54 Å². The normalized spacial score (nSPS) is 12.1. The van der Waals surface area contributed by atoms with Crippen molar-refractivity contribution in [2.24, 2.45) is 5.92 Å². The van der Waals surface area contributed by atoms with E-state index in [2.05, 4.69) is 21.2 Å². The van der Waals surface area contributed by atoms with E-state index in [1.165, 1.54) is 11.3 Å². The Morgan fingerprint density at radius 1 is 1.53 bits per heavy atom. The fourth-order valence-corrected chi connectivity index (χ4v) is 2.70. The fraction of sp³-hybridized carbons (Fsp3) is 0.455. The number of halogens is 1. The molecule has 1 heterocycles. The van der Waals surface area contributed by atoms with Gasteiger partial charge in [-0.2, -0.15) is 0 Å². The summed E-state index contributed by atoms with van der Waals surface area (Å²) in [5.74, 6) is -1.59. The zero-order valence-corrected chi connectivity index (χ0v) is 11.8. The van der Waals surface area contributed by atoms with Crippen molar-refractivity contribution in [1.29, 1.82) is 0 Å². The van der Waals surface area contributed by atoms with Crippen LogP contribution in [0.4, 0.5) is 0 Å². The number of rotatable bonds is 6. The maximum absolute atomic E-state index is 11.7. The Morgan fingerprint density at radius 3 is 2.71 bits per heavy atom. The number of nitrogens with one attached hydrogen (secondary N) is 1. The summed E-state index contributed by atoms with van der Waals surface area (Å²) in [7, 11) is 0. The quantitative estimate of drug-likeness (QED) is 0.847. The molecule has 2 N–H and O–H groups in total. The highest BCUT2D eigenvalue weighted by atomic mass is 79.9. The molecule has 0 aliphatic heterocycles. The zero-order chi connectivity index (χ0) is 12.8. The molecule has 0 saturated carbocycles. The molecule has 4 nitrogen and oxygen atoms in total. The summed E-state index contributed by atoms with van der Waals surface area (Å²) in [6.45, 7) is 2.10. The summed E-state index contributed by atoms with van der Waals surface area (Å²) in [6, 6.07) is 3.50. The van der Waals surface area contributed by atoms with E-state index in [1.807, 2.05) is 6.92 Å². The lowest BCUT2D eigenvalue weighted by Gasteiger charge is -2.11. The number of carboxylic acid groups (broad SMARTS) is 1. The number of aliphatic carboxylic acids is 1. The number of carbonyl (C=O) groups is 2. The van der Waals surface area contributed by atoms with Gasteiger partial charge in [0.1, 0.15) is 0 Å². The first-order chi connectivity index (χ1) is 8.04. The number of carboxylic acids is 1. The third-order valence-electron chi connectivity index (χ3n) is 2.29. The van der Waals surface area contributed by atoms with Crippen molar-refractivity contribution in [1.82, 2.24) is 5.32 Å². The second-order valence-electron chi connectivity index (χ2n) is 3.64. The first kappa shape index (κ1) is 14.2. The van der Waals surface area contributed by atoms with E-state index >= 15 is 0 Å². The molecule has 1 atom stereocenters. The molecule has 6 heteroatoms. The molecular formula is C11H14BrNO3S. The van der Waals surface area contributed by atoms with Crippen molar-refractivity contribution >= 4 is 39.1 Å². The molecule has 1 aromatic rings. The molecule has 0 radical (unpaired) electrons. The van der Waals surface area contributed by atoms with Crippen LogP contribution in [0, 0.1) is 5.92 Å². The molecule has 1 rings (SSSR count). The van der Waals surface area contributed by atoms with Gasteiger partial charge in [-0.15, -0.1) is 11.3 Å². The van der Waals surface area contributed by atoms with Gasteiger partial charge in [0.25, 0.3) is 5.91 Å². The largest absolute Gasteiger partial charge is 0.481 e. The fourth-order valence-electron chi connectivity index (χ4n) is 1.40. The van der Waals surface area contributed by atoms with Crippen molar-refractivity contribution < 1.29 is 14.7 Å². The SMILES string of the molecule is CCCC(CNC(=O)c1ccc(Br)s1)C(=O)O. The van der Waals surface area contributed by atoms with E-state index in [-0.39, 0.29) is 12.5 Å². The summed E-state index contributed by atoms with van der Waals surface area (Å²) in [5, 5.41) is 11.6. The lowest BCUT2D eigenvalue weighted by molar-refractivity contribution is -0.141. The Kier molecular flexibility index (Phi) is 5.64. The third-order valence-corrected chi connectivity index (χ3v) is 3.91. The van der Waals surface area contributed by atoms with Crippen molar-refractivity contribution in [2.45, 2.75) is 19.8 Å². The monoisotopic (exact) mass is 319 g/mol. The maximum Gasteiger partial charge on any atom is 0.308 e. The molecule has 1 amide bonds. The van der Waals surface area contributed by atoms with E-state index in [1.54, 1.807) is 12.1 Å². The van der Waals surface area contributed by atoms with E-state index in [9.17, 15) is 9.59 Å². The summed E-state index contributed by atoms with van der Waals surface area (Å²) in [4.78, 5) is 23.1. The molecule has 0 bridgehead atoms. The molecule has 0 aliphatic rings. The number of hydrogen-bond acceptors (Lipinski definition) is 3. The molecular weight excluding hydrogens is 306 g/mol. The molecule has 0 spiro atoms. The van der Waals surface area contributed by atoms with Crippen LogP contribution in [0.3, 0.4) is 0 Å². The number of hydrogen-bond donors (Lipinski definition) is 2. The third kappa shape index (κ3) is 4.47. The van der Waals surface area contributed by atoms with Crippen LogP contribution in [0.15, 0.2) is 15.9 Å². The molecule has 1 aromatic heterocycles. The molecule has 94 valence electrons. The van der Waals surface area contributed by atoms with E-state index in [0.29, 0.717) is 11.3 Å². The highest BCUT2D eigenvalue weighted by molar-refractivity contribution is 9.11. The average Bonchev–Trinajstić information content (AvgIpc) is 2.70. The topological polar surface area (TPSA) is 66.4 Å². The van der Waals surface area contributed by atoms with Crippen LogP contribution < -0.4 is 5.32 Å². The minimum Gasteiger partial charge on any atom is -0.481 e. The standard InChI is InChI=1S/C11H14BrNO3S/c1-2-3-7(11(15)16)6-13-10(14)8-4-5-9(12)17-8/h4-5,7H,2-3,6H2,1H3,(H,13,14)(H,15,16). The van der Waals surface area contributed by atoms with Gasteiger partial charge in [0, 0.05) is 6.54 Å². The first-order valence-corrected chi connectivity index (χ1v) is 6.92. The molecule has 1 unspecified atom stereocenters. The van der Waals surface area contributed by atoms with Crippen molar-refractivity contribution in [3.8, 4) is 0 Å².